The maximum absolute atomic E-state index is 13.6. The topological polar surface area (TPSA) is 100 Å². The summed E-state index contributed by atoms with van der Waals surface area (Å²) >= 11 is 0. The van der Waals surface area contributed by atoms with Crippen LogP contribution in [0.15, 0.2) is 59.7 Å². The number of amides is 1. The lowest BCUT2D eigenvalue weighted by Gasteiger charge is -2.45. The molecule has 2 aromatic carbocycles. The number of nitrogens with zero attached hydrogens (tertiary/aromatic N) is 2. The van der Waals surface area contributed by atoms with E-state index in [1.165, 1.54) is 21.3 Å². The third-order valence-corrected chi connectivity index (χ3v) is 6.12. The van der Waals surface area contributed by atoms with Gasteiger partial charge in [-0.2, -0.15) is 0 Å². The maximum atomic E-state index is 13.6. The van der Waals surface area contributed by atoms with Crippen molar-refractivity contribution in [3.05, 3.63) is 76.0 Å². The zero-order chi connectivity index (χ0) is 26.3. The van der Waals surface area contributed by atoms with E-state index < -0.39 is 11.9 Å². The number of likely N-dealkylation sites (N-methyl/N-ethyl adjacent to an activating group) is 1. The monoisotopic (exact) mass is 495 g/mol. The first kappa shape index (κ1) is 26.9. The Kier molecular flexibility index (Phi) is 8.87. The quantitative estimate of drug-likeness (QED) is 0.198. The molecule has 0 saturated carbocycles. The third kappa shape index (κ3) is 6.72. The number of rotatable bonds is 8. The van der Waals surface area contributed by atoms with Crippen molar-refractivity contribution >= 4 is 23.5 Å². The van der Waals surface area contributed by atoms with E-state index in [0.717, 1.165) is 5.56 Å². The Morgan fingerprint density at radius 2 is 1.58 bits per heavy atom. The Morgan fingerprint density at radius 3 is 2.11 bits per heavy atom. The van der Waals surface area contributed by atoms with Crippen LogP contribution in [0.1, 0.15) is 18.1 Å². The second kappa shape index (κ2) is 11.9. The molecule has 0 aliphatic carbocycles. The number of quaternary nitrogens is 1. The summed E-state index contributed by atoms with van der Waals surface area (Å²) in [4.78, 5) is 26.8. The molecule has 0 bridgehead atoms. The van der Waals surface area contributed by atoms with Gasteiger partial charge in [0.2, 0.25) is 0 Å². The number of benzene rings is 2. The van der Waals surface area contributed by atoms with E-state index in [1.807, 2.05) is 30.3 Å². The number of allylic oxidation sites excluding steroid dienone is 1. The van der Waals surface area contributed by atoms with Crippen LogP contribution in [0.25, 0.3) is 11.6 Å². The average Bonchev–Trinajstić information content (AvgIpc) is 2.89. The van der Waals surface area contributed by atoms with Gasteiger partial charge in [0.25, 0.3) is 5.91 Å². The third-order valence-electron chi connectivity index (χ3n) is 6.12. The summed E-state index contributed by atoms with van der Waals surface area (Å²) in [5.74, 6) is -0.0550. The van der Waals surface area contributed by atoms with Crippen molar-refractivity contribution in [2.24, 2.45) is 0 Å². The Bertz CT molecular complexity index is 1130. The number of piperazine rings is 1. The van der Waals surface area contributed by atoms with Crippen LogP contribution in [0.5, 0.6) is 11.5 Å². The van der Waals surface area contributed by atoms with E-state index in [1.54, 1.807) is 43.3 Å². The van der Waals surface area contributed by atoms with Gasteiger partial charge in [-0.3, -0.25) is 10.2 Å². The van der Waals surface area contributed by atoms with Gasteiger partial charge < -0.3 is 24.1 Å². The number of hydrazine groups is 1. The standard InChI is InChI=1S/C27H33N3O6/c1-19(21-16-22(34-3)18-23(17-21)35-4)25(27(32)36-5)24(15-20-9-7-6-8-10-20)26(31)28-29-11-13-30(2,33)14-12-29/h6-10,15-18H,11-14H2,1-5H3,(H,28,31)/b24-15+,25-19-. The molecule has 1 N–H and O–H groups in total. The molecule has 2 aromatic rings. The molecule has 9 nitrogen and oxygen atoms in total. The van der Waals surface area contributed by atoms with Crippen LogP contribution >= 0.6 is 0 Å². The van der Waals surface area contributed by atoms with Crippen LogP contribution in [0.2, 0.25) is 0 Å². The van der Waals surface area contributed by atoms with Gasteiger partial charge in [0.05, 0.1) is 65.7 Å². The van der Waals surface area contributed by atoms with Crippen LogP contribution < -0.4 is 14.9 Å². The number of methoxy groups -OCH3 is 3. The lowest BCUT2D eigenvalue weighted by molar-refractivity contribution is -0.865. The Hall–Kier alpha value is -3.66. The molecule has 0 unspecified atom stereocenters. The van der Waals surface area contributed by atoms with Gasteiger partial charge in [0.15, 0.2) is 0 Å². The molecule has 192 valence electrons. The van der Waals surface area contributed by atoms with Gasteiger partial charge in [-0.05, 0) is 41.8 Å². The number of carbonyl (C=O) groups is 2. The van der Waals surface area contributed by atoms with Crippen LogP contribution in [0.3, 0.4) is 0 Å². The predicted octanol–water partition coefficient (Wildman–Crippen LogP) is 3.03. The van der Waals surface area contributed by atoms with Crippen molar-refractivity contribution in [1.82, 2.24) is 10.4 Å². The van der Waals surface area contributed by atoms with Crippen molar-refractivity contribution in [3.8, 4) is 11.5 Å². The number of carbonyl (C=O) groups excluding carboxylic acids is 2. The predicted molar refractivity (Wildman–Crippen MR) is 138 cm³/mol. The van der Waals surface area contributed by atoms with Crippen LogP contribution in [0, 0.1) is 5.21 Å². The van der Waals surface area contributed by atoms with E-state index in [2.05, 4.69) is 5.43 Å². The summed E-state index contributed by atoms with van der Waals surface area (Å²) in [6, 6.07) is 14.5. The van der Waals surface area contributed by atoms with Crippen molar-refractivity contribution in [3.63, 3.8) is 0 Å². The van der Waals surface area contributed by atoms with E-state index in [0.29, 0.717) is 48.8 Å². The number of nitrogens with one attached hydrogen (secondary N) is 1. The van der Waals surface area contributed by atoms with Crippen molar-refractivity contribution in [2.75, 3.05) is 54.6 Å². The van der Waals surface area contributed by atoms with Gasteiger partial charge in [-0.1, -0.05) is 30.3 Å². The minimum Gasteiger partial charge on any atom is -0.633 e. The number of hydrogen-bond donors (Lipinski definition) is 1. The fourth-order valence-electron chi connectivity index (χ4n) is 3.91. The fourth-order valence-corrected chi connectivity index (χ4v) is 3.91. The average molecular weight is 496 g/mol. The summed E-state index contributed by atoms with van der Waals surface area (Å²) in [7, 11) is 5.97. The molecule has 1 fully saturated rings. The normalized spacial score (nSPS) is 16.6. The first-order chi connectivity index (χ1) is 17.2. The van der Waals surface area contributed by atoms with E-state index >= 15 is 0 Å². The molecule has 1 saturated heterocycles. The SMILES string of the molecule is COC(=O)C(=C(/C)c1cc(OC)cc(OC)c1)/C(=C\c1ccccc1)C(=O)NN1CC[N+](C)([O-])CC1. The molecule has 1 amide bonds. The summed E-state index contributed by atoms with van der Waals surface area (Å²) in [6.45, 7) is 3.23. The van der Waals surface area contributed by atoms with Crippen molar-refractivity contribution in [2.45, 2.75) is 6.92 Å². The zero-order valence-electron chi connectivity index (χ0n) is 21.4. The van der Waals surface area contributed by atoms with Gasteiger partial charge in [0, 0.05) is 6.07 Å². The van der Waals surface area contributed by atoms with Gasteiger partial charge in [-0.25, -0.2) is 9.80 Å². The summed E-state index contributed by atoms with van der Waals surface area (Å²) in [5, 5.41) is 13.9. The molecule has 3 rings (SSSR count). The second-order valence-electron chi connectivity index (χ2n) is 8.73. The van der Waals surface area contributed by atoms with Crippen LogP contribution in [-0.2, 0) is 14.3 Å². The molecule has 9 heteroatoms. The molecule has 1 heterocycles. The van der Waals surface area contributed by atoms with Crippen LogP contribution in [-0.4, -0.2) is 76.1 Å². The fraction of sp³-hybridized carbons (Fsp3) is 0.333. The van der Waals surface area contributed by atoms with E-state index in [-0.39, 0.29) is 15.8 Å². The van der Waals surface area contributed by atoms with Gasteiger partial charge in [-0.15, -0.1) is 0 Å². The lowest BCUT2D eigenvalue weighted by Crippen LogP contribution is -2.58. The molecule has 1 aliphatic heterocycles. The highest BCUT2D eigenvalue weighted by molar-refractivity contribution is 6.16. The minimum atomic E-state index is -0.658. The Morgan fingerprint density at radius 1 is 1.00 bits per heavy atom. The largest absolute Gasteiger partial charge is 0.633 e. The number of hydrogen-bond acceptors (Lipinski definition) is 7. The smallest absolute Gasteiger partial charge is 0.338 e. The molecule has 0 atom stereocenters. The molecule has 36 heavy (non-hydrogen) atoms. The molecule has 0 aromatic heterocycles. The molecule has 0 spiro atoms. The maximum Gasteiger partial charge on any atom is 0.338 e. The Balaban J connectivity index is 2.12. The lowest BCUT2D eigenvalue weighted by atomic mass is 9.93. The van der Waals surface area contributed by atoms with Crippen LogP contribution in [0.4, 0.5) is 0 Å². The molecule has 0 radical (unpaired) electrons. The second-order valence-corrected chi connectivity index (χ2v) is 8.73. The molecule has 1 aliphatic rings. The highest BCUT2D eigenvalue weighted by Crippen LogP contribution is 2.32. The highest BCUT2D eigenvalue weighted by Gasteiger charge is 2.28. The van der Waals surface area contributed by atoms with Gasteiger partial charge >= 0.3 is 5.97 Å². The zero-order valence-corrected chi connectivity index (χ0v) is 21.4. The first-order valence-corrected chi connectivity index (χ1v) is 11.6. The number of ether oxygens (including phenoxy) is 3. The summed E-state index contributed by atoms with van der Waals surface area (Å²) in [6.07, 6.45) is 1.65. The Labute approximate surface area is 211 Å². The molecular formula is C27H33N3O6. The highest BCUT2D eigenvalue weighted by atomic mass is 16.5. The van der Waals surface area contributed by atoms with Crippen molar-refractivity contribution < 1.29 is 28.4 Å². The summed E-state index contributed by atoms with van der Waals surface area (Å²) < 4.78 is 15.5. The number of hydroxylamine groups is 3. The minimum absolute atomic E-state index is 0.107. The molecular weight excluding hydrogens is 462 g/mol. The van der Waals surface area contributed by atoms with E-state index in [9.17, 15) is 14.8 Å². The van der Waals surface area contributed by atoms with Gasteiger partial charge in [0.1, 0.15) is 11.5 Å². The summed E-state index contributed by atoms with van der Waals surface area (Å²) in [5.41, 5.74) is 5.00. The number of esters is 1. The van der Waals surface area contributed by atoms with E-state index in [4.69, 9.17) is 14.2 Å². The first-order valence-electron chi connectivity index (χ1n) is 11.6. The van der Waals surface area contributed by atoms with Crippen molar-refractivity contribution in [1.29, 1.82) is 0 Å².